The lowest BCUT2D eigenvalue weighted by atomic mass is 9.85. The molecule has 146 valence electrons. The summed E-state index contributed by atoms with van der Waals surface area (Å²) in [5.74, 6) is 2.53. The summed E-state index contributed by atoms with van der Waals surface area (Å²) in [6, 6.07) is 7.44. The molecule has 2 aliphatic heterocycles. The standard InChI is InChI=1S/C23H32N2O2/c1-15(2)17-3-6-21-19(11-17)23(8-10-27-21)12-20(23)22(26)24-13-16-7-9-25(14-16)18-4-5-18/h3,6,11,15-16,18,20H,4-5,7-10,12-14H2,1-2H3,(H,24,26)/t16-,20+,23+/m1/s1. The van der Waals surface area contributed by atoms with Crippen LogP contribution in [0.25, 0.3) is 0 Å². The molecule has 2 heterocycles. The average Bonchev–Trinajstić information content (AvgIpc) is 3.59. The molecule has 3 fully saturated rings. The van der Waals surface area contributed by atoms with Crippen molar-refractivity contribution < 1.29 is 9.53 Å². The van der Waals surface area contributed by atoms with Crippen LogP contribution in [0.2, 0.25) is 0 Å². The van der Waals surface area contributed by atoms with Gasteiger partial charge in [0.15, 0.2) is 0 Å². The van der Waals surface area contributed by atoms with Crippen molar-refractivity contribution in [3.05, 3.63) is 29.3 Å². The highest BCUT2D eigenvalue weighted by molar-refractivity contribution is 5.85. The van der Waals surface area contributed by atoms with E-state index in [2.05, 4.69) is 42.3 Å². The molecule has 2 saturated carbocycles. The van der Waals surface area contributed by atoms with Gasteiger partial charge in [-0.05, 0) is 62.1 Å². The van der Waals surface area contributed by atoms with E-state index in [1.54, 1.807) is 0 Å². The molecule has 0 aromatic heterocycles. The number of likely N-dealkylation sites (tertiary alicyclic amines) is 1. The number of nitrogens with one attached hydrogen (secondary N) is 1. The van der Waals surface area contributed by atoms with E-state index in [0.29, 0.717) is 11.8 Å². The molecule has 27 heavy (non-hydrogen) atoms. The van der Waals surface area contributed by atoms with Crippen molar-refractivity contribution in [1.29, 1.82) is 0 Å². The Labute approximate surface area is 162 Å². The molecular weight excluding hydrogens is 336 g/mol. The molecule has 1 N–H and O–H groups in total. The normalized spacial score (nSPS) is 32.4. The van der Waals surface area contributed by atoms with Gasteiger partial charge in [-0.2, -0.15) is 0 Å². The van der Waals surface area contributed by atoms with Crippen molar-refractivity contribution >= 4 is 5.91 Å². The Bertz CT molecular complexity index is 742. The first-order chi connectivity index (χ1) is 13.1. The molecule has 1 aromatic carbocycles. The second-order valence-electron chi connectivity index (χ2n) is 9.55. The van der Waals surface area contributed by atoms with Crippen LogP contribution < -0.4 is 10.1 Å². The van der Waals surface area contributed by atoms with E-state index in [1.807, 2.05) is 0 Å². The highest BCUT2D eigenvalue weighted by Crippen LogP contribution is 2.61. The zero-order chi connectivity index (χ0) is 18.6. The lowest BCUT2D eigenvalue weighted by Gasteiger charge is -2.28. The molecule has 4 aliphatic rings. The van der Waals surface area contributed by atoms with Gasteiger partial charge in [0.05, 0.1) is 6.61 Å². The summed E-state index contributed by atoms with van der Waals surface area (Å²) < 4.78 is 5.91. The lowest BCUT2D eigenvalue weighted by molar-refractivity contribution is -0.123. The minimum atomic E-state index is 0.0261. The molecule has 0 unspecified atom stereocenters. The van der Waals surface area contributed by atoms with Crippen LogP contribution in [0.15, 0.2) is 18.2 Å². The number of fused-ring (bicyclic) bond motifs is 2. The molecule has 4 nitrogen and oxygen atoms in total. The van der Waals surface area contributed by atoms with Gasteiger partial charge in [-0.1, -0.05) is 26.0 Å². The van der Waals surface area contributed by atoms with Crippen molar-refractivity contribution in [1.82, 2.24) is 10.2 Å². The topological polar surface area (TPSA) is 41.6 Å². The van der Waals surface area contributed by atoms with Crippen molar-refractivity contribution in [3.8, 4) is 5.75 Å². The minimum Gasteiger partial charge on any atom is -0.493 e. The van der Waals surface area contributed by atoms with Crippen LogP contribution in [0.4, 0.5) is 0 Å². The van der Waals surface area contributed by atoms with E-state index < -0.39 is 0 Å². The Morgan fingerprint density at radius 2 is 2.19 bits per heavy atom. The minimum absolute atomic E-state index is 0.0261. The fourth-order valence-corrected chi connectivity index (χ4v) is 5.29. The number of benzene rings is 1. The van der Waals surface area contributed by atoms with Crippen LogP contribution in [-0.4, -0.2) is 43.1 Å². The smallest absolute Gasteiger partial charge is 0.224 e. The first-order valence-electron chi connectivity index (χ1n) is 10.9. The lowest BCUT2D eigenvalue weighted by Crippen LogP contribution is -2.35. The zero-order valence-corrected chi connectivity index (χ0v) is 16.7. The number of carbonyl (C=O) groups is 1. The van der Waals surface area contributed by atoms with E-state index in [-0.39, 0.29) is 17.2 Å². The molecule has 1 saturated heterocycles. The molecule has 1 aromatic rings. The van der Waals surface area contributed by atoms with E-state index in [4.69, 9.17) is 4.74 Å². The van der Waals surface area contributed by atoms with Gasteiger partial charge in [-0.3, -0.25) is 4.79 Å². The Kier molecular flexibility index (Phi) is 4.23. The third-order valence-corrected chi connectivity index (χ3v) is 7.35. The number of hydrogen-bond acceptors (Lipinski definition) is 3. The summed E-state index contributed by atoms with van der Waals surface area (Å²) in [6.45, 7) is 8.43. The fraction of sp³-hybridized carbons (Fsp3) is 0.696. The molecule has 1 spiro atoms. The van der Waals surface area contributed by atoms with Crippen molar-refractivity contribution in [2.45, 2.75) is 63.3 Å². The number of nitrogens with zero attached hydrogens (tertiary/aromatic N) is 1. The Morgan fingerprint density at radius 3 is 2.96 bits per heavy atom. The maximum Gasteiger partial charge on any atom is 0.224 e. The Balaban J connectivity index is 1.23. The van der Waals surface area contributed by atoms with Crippen molar-refractivity contribution in [3.63, 3.8) is 0 Å². The second kappa shape index (κ2) is 6.51. The molecule has 1 amide bonds. The van der Waals surface area contributed by atoms with Gasteiger partial charge in [0.1, 0.15) is 5.75 Å². The quantitative estimate of drug-likeness (QED) is 0.865. The summed E-state index contributed by atoms with van der Waals surface area (Å²) >= 11 is 0. The van der Waals surface area contributed by atoms with Crippen LogP contribution in [0, 0.1) is 11.8 Å². The van der Waals surface area contributed by atoms with Crippen molar-refractivity contribution in [2.24, 2.45) is 11.8 Å². The van der Waals surface area contributed by atoms with Crippen LogP contribution in [0.1, 0.15) is 63.0 Å². The third kappa shape index (κ3) is 3.16. The Hall–Kier alpha value is -1.55. The highest BCUT2D eigenvalue weighted by atomic mass is 16.5. The first kappa shape index (κ1) is 17.5. The summed E-state index contributed by atoms with van der Waals surface area (Å²) in [7, 11) is 0. The second-order valence-corrected chi connectivity index (χ2v) is 9.55. The number of hydrogen-bond donors (Lipinski definition) is 1. The number of rotatable bonds is 5. The van der Waals surface area contributed by atoms with E-state index in [9.17, 15) is 4.79 Å². The third-order valence-electron chi connectivity index (χ3n) is 7.35. The largest absolute Gasteiger partial charge is 0.493 e. The van der Waals surface area contributed by atoms with E-state index in [0.717, 1.165) is 37.8 Å². The van der Waals surface area contributed by atoms with Crippen molar-refractivity contribution in [2.75, 3.05) is 26.2 Å². The van der Waals surface area contributed by atoms with Crippen LogP contribution in [0.3, 0.4) is 0 Å². The number of carbonyl (C=O) groups excluding carboxylic acids is 1. The van der Waals surface area contributed by atoms with Gasteiger partial charge in [-0.15, -0.1) is 0 Å². The number of ether oxygens (including phenoxy) is 1. The highest BCUT2D eigenvalue weighted by Gasteiger charge is 2.61. The summed E-state index contributed by atoms with van der Waals surface area (Å²) in [5.41, 5.74) is 2.65. The van der Waals surface area contributed by atoms with Crippen LogP contribution in [0.5, 0.6) is 5.75 Å². The van der Waals surface area contributed by atoms with Gasteiger partial charge in [0.2, 0.25) is 5.91 Å². The zero-order valence-electron chi connectivity index (χ0n) is 16.7. The summed E-state index contributed by atoms with van der Waals surface area (Å²) in [5, 5.41) is 3.30. The number of amides is 1. The molecule has 0 bridgehead atoms. The monoisotopic (exact) mass is 368 g/mol. The van der Waals surface area contributed by atoms with Crippen LogP contribution in [-0.2, 0) is 10.2 Å². The van der Waals surface area contributed by atoms with Gasteiger partial charge in [-0.25, -0.2) is 0 Å². The molecule has 0 radical (unpaired) electrons. The van der Waals surface area contributed by atoms with Crippen LogP contribution >= 0.6 is 0 Å². The first-order valence-corrected chi connectivity index (χ1v) is 10.9. The predicted octanol–water partition coefficient (Wildman–Crippen LogP) is 3.45. The summed E-state index contributed by atoms with van der Waals surface area (Å²) in [4.78, 5) is 15.5. The molecular formula is C23H32N2O2. The van der Waals surface area contributed by atoms with Gasteiger partial charge >= 0.3 is 0 Å². The molecule has 2 aliphatic carbocycles. The van der Waals surface area contributed by atoms with E-state index >= 15 is 0 Å². The van der Waals surface area contributed by atoms with Gasteiger partial charge < -0.3 is 15.0 Å². The molecule has 5 rings (SSSR count). The van der Waals surface area contributed by atoms with Gasteiger partial charge in [0, 0.05) is 36.0 Å². The maximum atomic E-state index is 12.9. The average molecular weight is 369 g/mol. The predicted molar refractivity (Wildman–Crippen MR) is 106 cm³/mol. The fourth-order valence-electron chi connectivity index (χ4n) is 5.29. The summed E-state index contributed by atoms with van der Waals surface area (Å²) in [6.07, 6.45) is 5.95. The molecule has 4 heteroatoms. The SMILES string of the molecule is CC(C)c1ccc2c(c1)[C@]1(CCO2)C[C@H]1C(=O)NC[C@H]1CCN(C2CC2)C1. The van der Waals surface area contributed by atoms with Gasteiger partial charge in [0.25, 0.3) is 0 Å². The van der Waals surface area contributed by atoms with E-state index in [1.165, 1.54) is 43.5 Å². The maximum absolute atomic E-state index is 12.9. The Morgan fingerprint density at radius 1 is 1.33 bits per heavy atom. The molecule has 3 atom stereocenters.